The minimum Gasteiger partial charge on any atom is -0.476 e. The number of nitrogens with two attached hydrogens (primary N) is 1. The van der Waals surface area contributed by atoms with Gasteiger partial charge in [0.1, 0.15) is 0 Å². The Morgan fingerprint density at radius 2 is 2.27 bits per heavy atom. The summed E-state index contributed by atoms with van der Waals surface area (Å²) in [5.74, 6) is -1.31. The number of nitrogens with one attached hydrogen (secondary N) is 1. The SMILES string of the molecule is Nc1ncc(-c2cn[nH]c2)nc1C(=O)O. The number of anilines is 1. The van der Waals surface area contributed by atoms with Crippen molar-refractivity contribution in [3.63, 3.8) is 0 Å². The molecule has 7 nitrogen and oxygen atoms in total. The van der Waals surface area contributed by atoms with E-state index in [4.69, 9.17) is 10.8 Å². The molecule has 0 amide bonds. The molecule has 15 heavy (non-hydrogen) atoms. The number of nitrogen functional groups attached to an aromatic ring is 1. The Labute approximate surface area is 84.0 Å². The molecule has 0 unspecified atom stereocenters. The van der Waals surface area contributed by atoms with Gasteiger partial charge >= 0.3 is 5.97 Å². The largest absolute Gasteiger partial charge is 0.476 e. The summed E-state index contributed by atoms with van der Waals surface area (Å²) in [5.41, 5.74) is 6.18. The van der Waals surface area contributed by atoms with Crippen LogP contribution in [0.1, 0.15) is 10.5 Å². The van der Waals surface area contributed by atoms with Crippen molar-refractivity contribution >= 4 is 11.8 Å². The van der Waals surface area contributed by atoms with Gasteiger partial charge in [0.05, 0.1) is 18.1 Å². The van der Waals surface area contributed by atoms with E-state index < -0.39 is 5.97 Å². The van der Waals surface area contributed by atoms with E-state index in [0.717, 1.165) is 0 Å². The molecule has 0 atom stereocenters. The number of nitrogens with zero attached hydrogens (tertiary/aromatic N) is 3. The summed E-state index contributed by atoms with van der Waals surface area (Å²) in [6.07, 6.45) is 4.50. The monoisotopic (exact) mass is 205 g/mol. The van der Waals surface area contributed by atoms with Gasteiger partial charge in [-0.15, -0.1) is 0 Å². The van der Waals surface area contributed by atoms with E-state index in [2.05, 4.69) is 20.2 Å². The zero-order valence-corrected chi connectivity index (χ0v) is 7.51. The Bertz CT molecular complexity index is 494. The summed E-state index contributed by atoms with van der Waals surface area (Å²) >= 11 is 0. The molecule has 0 aliphatic carbocycles. The molecule has 0 aliphatic rings. The molecule has 0 saturated heterocycles. The van der Waals surface area contributed by atoms with Crippen molar-refractivity contribution in [1.29, 1.82) is 0 Å². The lowest BCUT2D eigenvalue weighted by atomic mass is 10.2. The first kappa shape index (κ1) is 9.13. The van der Waals surface area contributed by atoms with Crippen LogP contribution in [0, 0.1) is 0 Å². The van der Waals surface area contributed by atoms with E-state index in [9.17, 15) is 4.79 Å². The van der Waals surface area contributed by atoms with Crippen molar-refractivity contribution in [2.24, 2.45) is 0 Å². The Hall–Kier alpha value is -2.44. The zero-order valence-electron chi connectivity index (χ0n) is 7.51. The molecule has 0 aromatic carbocycles. The Kier molecular flexibility index (Phi) is 2.05. The van der Waals surface area contributed by atoms with Crippen molar-refractivity contribution in [3.05, 3.63) is 24.3 Å². The predicted octanol–water partition coefficient (Wildman–Crippen LogP) is 0.147. The zero-order chi connectivity index (χ0) is 10.8. The summed E-state index contributed by atoms with van der Waals surface area (Å²) in [7, 11) is 0. The molecule has 0 fully saturated rings. The van der Waals surface area contributed by atoms with E-state index in [-0.39, 0.29) is 11.5 Å². The molecule has 2 heterocycles. The maximum absolute atomic E-state index is 10.7. The normalized spacial score (nSPS) is 10.1. The van der Waals surface area contributed by atoms with Crippen LogP contribution in [0.5, 0.6) is 0 Å². The van der Waals surface area contributed by atoms with Gasteiger partial charge in [0.25, 0.3) is 0 Å². The molecule has 2 aromatic rings. The molecule has 4 N–H and O–H groups in total. The first-order chi connectivity index (χ1) is 7.18. The smallest absolute Gasteiger partial charge is 0.358 e. The third-order valence-corrected chi connectivity index (χ3v) is 1.80. The van der Waals surface area contributed by atoms with Gasteiger partial charge in [0, 0.05) is 11.8 Å². The van der Waals surface area contributed by atoms with Gasteiger partial charge in [-0.25, -0.2) is 14.8 Å². The van der Waals surface area contributed by atoms with Crippen LogP contribution in [0.4, 0.5) is 5.82 Å². The summed E-state index contributed by atoms with van der Waals surface area (Å²) in [6, 6.07) is 0. The highest BCUT2D eigenvalue weighted by molar-refractivity contribution is 5.90. The quantitative estimate of drug-likeness (QED) is 0.642. The predicted molar refractivity (Wildman–Crippen MR) is 51.0 cm³/mol. The number of hydrogen-bond donors (Lipinski definition) is 3. The van der Waals surface area contributed by atoms with E-state index in [0.29, 0.717) is 11.3 Å². The Morgan fingerprint density at radius 1 is 1.47 bits per heavy atom. The molecule has 76 valence electrons. The fourth-order valence-corrected chi connectivity index (χ4v) is 1.09. The maximum Gasteiger partial charge on any atom is 0.358 e. The molecule has 2 rings (SSSR count). The number of aromatic carboxylic acids is 1. The number of carbonyl (C=O) groups is 1. The molecule has 7 heteroatoms. The van der Waals surface area contributed by atoms with Crippen LogP contribution in [0.3, 0.4) is 0 Å². The molecule has 0 saturated carbocycles. The van der Waals surface area contributed by atoms with Crippen molar-refractivity contribution in [1.82, 2.24) is 20.2 Å². The lowest BCUT2D eigenvalue weighted by molar-refractivity contribution is 0.0691. The third-order valence-electron chi connectivity index (χ3n) is 1.80. The molecule has 0 spiro atoms. The lowest BCUT2D eigenvalue weighted by Crippen LogP contribution is -2.08. The minimum absolute atomic E-state index is 0.102. The van der Waals surface area contributed by atoms with E-state index in [1.165, 1.54) is 12.4 Å². The van der Waals surface area contributed by atoms with Gasteiger partial charge < -0.3 is 10.8 Å². The third kappa shape index (κ3) is 1.62. The number of hydrogen-bond acceptors (Lipinski definition) is 5. The van der Waals surface area contributed by atoms with Crippen LogP contribution in [0.2, 0.25) is 0 Å². The second-order valence-electron chi connectivity index (χ2n) is 2.78. The molecular weight excluding hydrogens is 198 g/mol. The fraction of sp³-hybridized carbons (Fsp3) is 0. The van der Waals surface area contributed by atoms with Crippen LogP contribution in [-0.2, 0) is 0 Å². The minimum atomic E-state index is -1.20. The number of carboxylic acid groups (broad SMARTS) is 1. The molecule has 0 aliphatic heterocycles. The lowest BCUT2D eigenvalue weighted by Gasteiger charge is -2.00. The van der Waals surface area contributed by atoms with E-state index in [1.54, 1.807) is 6.20 Å². The highest BCUT2D eigenvalue weighted by Crippen LogP contribution is 2.16. The number of rotatable bonds is 2. The topological polar surface area (TPSA) is 118 Å². The second kappa shape index (κ2) is 3.37. The van der Waals surface area contributed by atoms with Gasteiger partial charge in [-0.05, 0) is 0 Å². The number of H-pyrrole nitrogens is 1. The average molecular weight is 205 g/mol. The maximum atomic E-state index is 10.7. The summed E-state index contributed by atoms with van der Waals surface area (Å²) < 4.78 is 0. The summed E-state index contributed by atoms with van der Waals surface area (Å²) in [6.45, 7) is 0. The highest BCUT2D eigenvalue weighted by atomic mass is 16.4. The summed E-state index contributed by atoms with van der Waals surface area (Å²) in [4.78, 5) is 18.4. The molecule has 0 radical (unpaired) electrons. The van der Waals surface area contributed by atoms with Crippen molar-refractivity contribution < 1.29 is 9.90 Å². The van der Waals surface area contributed by atoms with Gasteiger partial charge in [-0.1, -0.05) is 0 Å². The molecular formula is C8H7N5O2. The number of carboxylic acids is 1. The Balaban J connectivity index is 2.52. The standard InChI is InChI=1S/C8H7N5O2/c9-7-6(8(14)15)13-5(3-10-7)4-1-11-12-2-4/h1-3H,(H2,9,10)(H,11,12)(H,14,15). The van der Waals surface area contributed by atoms with Gasteiger partial charge in [-0.2, -0.15) is 5.10 Å². The highest BCUT2D eigenvalue weighted by Gasteiger charge is 2.13. The second-order valence-corrected chi connectivity index (χ2v) is 2.78. The van der Waals surface area contributed by atoms with Crippen LogP contribution in [0.25, 0.3) is 11.3 Å². The van der Waals surface area contributed by atoms with Crippen LogP contribution < -0.4 is 5.73 Å². The number of aromatic amines is 1. The van der Waals surface area contributed by atoms with Crippen LogP contribution >= 0.6 is 0 Å². The molecule has 2 aromatic heterocycles. The average Bonchev–Trinajstić information content (AvgIpc) is 2.71. The van der Waals surface area contributed by atoms with Crippen molar-refractivity contribution in [2.45, 2.75) is 0 Å². The van der Waals surface area contributed by atoms with E-state index in [1.807, 2.05) is 0 Å². The van der Waals surface area contributed by atoms with Crippen molar-refractivity contribution in [2.75, 3.05) is 5.73 Å². The van der Waals surface area contributed by atoms with Crippen LogP contribution in [-0.4, -0.2) is 31.2 Å². The fourth-order valence-electron chi connectivity index (χ4n) is 1.09. The first-order valence-electron chi connectivity index (χ1n) is 4.03. The van der Waals surface area contributed by atoms with Gasteiger partial charge in [0.15, 0.2) is 11.5 Å². The first-order valence-corrected chi connectivity index (χ1v) is 4.03. The molecule has 0 bridgehead atoms. The summed E-state index contributed by atoms with van der Waals surface area (Å²) in [5, 5.41) is 15.1. The number of aromatic nitrogens is 4. The Morgan fingerprint density at radius 3 is 2.87 bits per heavy atom. The van der Waals surface area contributed by atoms with Gasteiger partial charge in [0.2, 0.25) is 0 Å². The van der Waals surface area contributed by atoms with E-state index >= 15 is 0 Å². The van der Waals surface area contributed by atoms with Crippen LogP contribution in [0.15, 0.2) is 18.6 Å². The van der Waals surface area contributed by atoms with Gasteiger partial charge in [-0.3, -0.25) is 5.10 Å². The van der Waals surface area contributed by atoms with Crippen molar-refractivity contribution in [3.8, 4) is 11.3 Å².